The summed E-state index contributed by atoms with van der Waals surface area (Å²) in [6.45, 7) is 4.11. The fraction of sp³-hybridized carbons (Fsp3) is 0.333. The van der Waals surface area contributed by atoms with E-state index in [-0.39, 0.29) is 0 Å². The van der Waals surface area contributed by atoms with Crippen molar-refractivity contribution >= 4 is 11.4 Å². The van der Waals surface area contributed by atoms with E-state index in [0.29, 0.717) is 0 Å². The van der Waals surface area contributed by atoms with Crippen molar-refractivity contribution in [3.8, 4) is 11.3 Å². The van der Waals surface area contributed by atoms with Crippen LogP contribution in [0.3, 0.4) is 0 Å². The monoisotopic (exact) mass is 254 g/mol. The molecule has 1 saturated heterocycles. The predicted octanol–water partition coefficient (Wildman–Crippen LogP) is 2.63. The van der Waals surface area contributed by atoms with Crippen LogP contribution in [-0.4, -0.2) is 23.1 Å². The largest absolute Gasteiger partial charge is 0.397 e. The van der Waals surface area contributed by atoms with Gasteiger partial charge in [-0.2, -0.15) is 0 Å². The summed E-state index contributed by atoms with van der Waals surface area (Å²) in [5.41, 5.74) is 10.1. The third-order valence-electron chi connectivity index (χ3n) is 3.55. The minimum absolute atomic E-state index is 0.777. The molecular weight excluding hydrogens is 236 g/mol. The van der Waals surface area contributed by atoms with Gasteiger partial charge in [0.25, 0.3) is 0 Å². The molecule has 0 bridgehead atoms. The van der Waals surface area contributed by atoms with E-state index in [2.05, 4.69) is 27.0 Å². The SMILES string of the molecule is Cc1nccc(-c2ccc(N3CCCC3)c(N)c2)n1. The van der Waals surface area contributed by atoms with E-state index < -0.39 is 0 Å². The molecule has 0 aliphatic carbocycles. The van der Waals surface area contributed by atoms with Crippen molar-refractivity contribution in [1.82, 2.24) is 9.97 Å². The number of aryl methyl sites for hydroxylation is 1. The van der Waals surface area contributed by atoms with Gasteiger partial charge in [-0.3, -0.25) is 0 Å². The molecule has 4 nitrogen and oxygen atoms in total. The first-order valence-electron chi connectivity index (χ1n) is 6.68. The van der Waals surface area contributed by atoms with Crippen LogP contribution in [0.4, 0.5) is 11.4 Å². The quantitative estimate of drug-likeness (QED) is 0.837. The zero-order valence-corrected chi connectivity index (χ0v) is 11.1. The third kappa shape index (κ3) is 2.38. The first-order valence-corrected chi connectivity index (χ1v) is 6.68. The van der Waals surface area contributed by atoms with Crippen LogP contribution in [0.5, 0.6) is 0 Å². The van der Waals surface area contributed by atoms with Crippen LogP contribution < -0.4 is 10.6 Å². The lowest BCUT2D eigenvalue weighted by molar-refractivity contribution is 0.949. The van der Waals surface area contributed by atoms with Gasteiger partial charge in [-0.15, -0.1) is 0 Å². The molecular formula is C15H18N4. The highest BCUT2D eigenvalue weighted by Gasteiger charge is 2.15. The number of nitrogens with zero attached hydrogens (tertiary/aromatic N) is 3. The highest BCUT2D eigenvalue weighted by atomic mass is 15.1. The molecule has 1 aromatic carbocycles. The maximum Gasteiger partial charge on any atom is 0.125 e. The van der Waals surface area contributed by atoms with Crippen LogP contribution >= 0.6 is 0 Å². The molecule has 19 heavy (non-hydrogen) atoms. The number of nitrogen functional groups attached to an aromatic ring is 1. The first-order chi connectivity index (χ1) is 9.24. The molecule has 1 aliphatic rings. The average Bonchev–Trinajstić information content (AvgIpc) is 2.92. The van der Waals surface area contributed by atoms with Gasteiger partial charge in [-0.1, -0.05) is 6.07 Å². The summed E-state index contributed by atoms with van der Waals surface area (Å²) in [7, 11) is 0. The molecule has 2 aromatic rings. The summed E-state index contributed by atoms with van der Waals surface area (Å²) in [5, 5.41) is 0. The van der Waals surface area contributed by atoms with E-state index in [9.17, 15) is 0 Å². The molecule has 3 rings (SSSR count). The van der Waals surface area contributed by atoms with Crippen molar-refractivity contribution in [2.45, 2.75) is 19.8 Å². The topological polar surface area (TPSA) is 55.0 Å². The molecule has 2 heterocycles. The Balaban J connectivity index is 1.94. The number of benzene rings is 1. The van der Waals surface area contributed by atoms with Gasteiger partial charge in [0.2, 0.25) is 0 Å². The molecule has 0 unspecified atom stereocenters. The first kappa shape index (κ1) is 12.0. The summed E-state index contributed by atoms with van der Waals surface area (Å²) in [6.07, 6.45) is 4.29. The number of hydrogen-bond donors (Lipinski definition) is 1. The molecule has 98 valence electrons. The van der Waals surface area contributed by atoms with Crippen LogP contribution in [0.1, 0.15) is 18.7 Å². The smallest absolute Gasteiger partial charge is 0.125 e. The van der Waals surface area contributed by atoms with Gasteiger partial charge in [0.1, 0.15) is 5.82 Å². The molecule has 0 saturated carbocycles. The number of rotatable bonds is 2. The summed E-state index contributed by atoms with van der Waals surface area (Å²) < 4.78 is 0. The normalized spacial score (nSPS) is 14.9. The Morgan fingerprint density at radius 2 is 1.95 bits per heavy atom. The van der Waals surface area contributed by atoms with E-state index >= 15 is 0 Å². The lowest BCUT2D eigenvalue weighted by atomic mass is 10.1. The minimum Gasteiger partial charge on any atom is -0.397 e. The van der Waals surface area contributed by atoms with Crippen LogP contribution in [-0.2, 0) is 0 Å². The van der Waals surface area contributed by atoms with Gasteiger partial charge in [0.05, 0.1) is 17.1 Å². The molecule has 2 N–H and O–H groups in total. The Bertz CT molecular complexity index is 588. The van der Waals surface area contributed by atoms with Gasteiger partial charge in [-0.05, 0) is 38.0 Å². The zero-order valence-electron chi connectivity index (χ0n) is 11.1. The summed E-state index contributed by atoms with van der Waals surface area (Å²) in [4.78, 5) is 10.9. The van der Waals surface area contributed by atoms with E-state index in [1.54, 1.807) is 6.20 Å². The lowest BCUT2D eigenvalue weighted by Gasteiger charge is -2.20. The number of nitrogens with two attached hydrogens (primary N) is 1. The van der Waals surface area contributed by atoms with Gasteiger partial charge < -0.3 is 10.6 Å². The second-order valence-electron chi connectivity index (χ2n) is 4.96. The fourth-order valence-corrected chi connectivity index (χ4v) is 2.58. The van der Waals surface area contributed by atoms with Gasteiger partial charge in [-0.25, -0.2) is 9.97 Å². The second-order valence-corrected chi connectivity index (χ2v) is 4.96. The van der Waals surface area contributed by atoms with E-state index in [4.69, 9.17) is 5.73 Å². The van der Waals surface area contributed by atoms with Gasteiger partial charge in [0.15, 0.2) is 0 Å². The fourth-order valence-electron chi connectivity index (χ4n) is 2.58. The van der Waals surface area contributed by atoms with Gasteiger partial charge in [0, 0.05) is 24.8 Å². The molecule has 0 spiro atoms. The zero-order chi connectivity index (χ0) is 13.2. The van der Waals surface area contributed by atoms with Crippen molar-refractivity contribution < 1.29 is 0 Å². The molecule has 0 amide bonds. The van der Waals surface area contributed by atoms with E-state index in [1.165, 1.54) is 12.8 Å². The Labute approximate surface area is 113 Å². The Kier molecular flexibility index (Phi) is 3.07. The summed E-state index contributed by atoms with van der Waals surface area (Å²) >= 11 is 0. The summed E-state index contributed by atoms with van der Waals surface area (Å²) in [6, 6.07) is 8.12. The predicted molar refractivity (Wildman–Crippen MR) is 78.1 cm³/mol. The molecule has 0 radical (unpaired) electrons. The van der Waals surface area contributed by atoms with Gasteiger partial charge >= 0.3 is 0 Å². The maximum absolute atomic E-state index is 6.19. The highest BCUT2D eigenvalue weighted by molar-refractivity contribution is 5.75. The summed E-state index contributed by atoms with van der Waals surface area (Å²) in [5.74, 6) is 0.777. The number of hydrogen-bond acceptors (Lipinski definition) is 4. The van der Waals surface area contributed by atoms with Crippen molar-refractivity contribution in [2.75, 3.05) is 23.7 Å². The van der Waals surface area contributed by atoms with Crippen LogP contribution in [0.15, 0.2) is 30.5 Å². The Morgan fingerprint density at radius 3 is 2.63 bits per heavy atom. The molecule has 1 aliphatic heterocycles. The third-order valence-corrected chi connectivity index (χ3v) is 3.55. The van der Waals surface area contributed by atoms with Crippen LogP contribution in [0.25, 0.3) is 11.3 Å². The number of anilines is 2. The highest BCUT2D eigenvalue weighted by Crippen LogP contribution is 2.30. The second kappa shape index (κ2) is 4.88. The van der Waals surface area contributed by atoms with Crippen molar-refractivity contribution in [1.29, 1.82) is 0 Å². The standard InChI is InChI=1S/C15H18N4/c1-11-17-7-6-14(18-11)12-4-5-15(13(16)10-12)19-8-2-3-9-19/h4-7,10H,2-3,8-9,16H2,1H3. The Hall–Kier alpha value is -2.10. The van der Waals surface area contributed by atoms with E-state index in [1.807, 2.05) is 19.1 Å². The molecule has 1 aromatic heterocycles. The number of aromatic nitrogens is 2. The van der Waals surface area contributed by atoms with Crippen molar-refractivity contribution in [2.24, 2.45) is 0 Å². The lowest BCUT2D eigenvalue weighted by Crippen LogP contribution is -2.18. The van der Waals surface area contributed by atoms with E-state index in [0.717, 1.165) is 41.5 Å². The maximum atomic E-state index is 6.19. The van der Waals surface area contributed by atoms with Crippen LogP contribution in [0.2, 0.25) is 0 Å². The Morgan fingerprint density at radius 1 is 1.16 bits per heavy atom. The average molecular weight is 254 g/mol. The van der Waals surface area contributed by atoms with Crippen LogP contribution in [0, 0.1) is 6.92 Å². The molecule has 4 heteroatoms. The molecule has 0 atom stereocenters. The van der Waals surface area contributed by atoms with Crippen molar-refractivity contribution in [3.63, 3.8) is 0 Å². The minimum atomic E-state index is 0.777. The van der Waals surface area contributed by atoms with Crippen molar-refractivity contribution in [3.05, 3.63) is 36.3 Å². The molecule has 1 fully saturated rings.